The van der Waals surface area contributed by atoms with Crippen molar-refractivity contribution in [2.75, 3.05) is 5.32 Å². The third kappa shape index (κ3) is 3.48. The summed E-state index contributed by atoms with van der Waals surface area (Å²) >= 11 is 0. The Morgan fingerprint density at radius 3 is 2.63 bits per heavy atom. The van der Waals surface area contributed by atoms with Crippen molar-refractivity contribution >= 4 is 22.6 Å². The molecule has 0 saturated heterocycles. The van der Waals surface area contributed by atoms with E-state index in [4.69, 9.17) is 5.73 Å². The number of hydrogen-bond acceptors (Lipinski definition) is 4. The number of hydrogen-bond donors (Lipinski definition) is 2. The summed E-state index contributed by atoms with van der Waals surface area (Å²) in [6.07, 6.45) is 3.93. The number of rotatable bonds is 4. The molecule has 1 heterocycles. The summed E-state index contributed by atoms with van der Waals surface area (Å²) in [6.45, 7) is 4.08. The molecule has 2 rings (SSSR count). The van der Waals surface area contributed by atoms with Gasteiger partial charge in [0.2, 0.25) is 5.91 Å². The first-order chi connectivity index (χ1) is 9.06. The fourth-order valence-corrected chi connectivity index (χ4v) is 1.89. The number of nitrogens with one attached hydrogen (secondary N) is 1. The van der Waals surface area contributed by atoms with Crippen LogP contribution in [0.3, 0.4) is 0 Å². The minimum absolute atomic E-state index is 0.169. The van der Waals surface area contributed by atoms with Crippen LogP contribution in [0, 0.1) is 5.92 Å². The Hall–Kier alpha value is -2.01. The van der Waals surface area contributed by atoms with Crippen molar-refractivity contribution < 1.29 is 4.79 Å². The third-order valence-corrected chi connectivity index (χ3v) is 2.80. The molecule has 1 aromatic carbocycles. The van der Waals surface area contributed by atoms with Crippen LogP contribution >= 0.6 is 0 Å². The summed E-state index contributed by atoms with van der Waals surface area (Å²) in [5, 5.41) is 2.81. The van der Waals surface area contributed by atoms with E-state index in [0.29, 0.717) is 18.0 Å². The van der Waals surface area contributed by atoms with Crippen molar-refractivity contribution in [3.05, 3.63) is 30.6 Å². The predicted octanol–water partition coefficient (Wildman–Crippen LogP) is 1.94. The standard InChI is InChI=1S/C14H18N4O/c1-9(2)7-11(15)14(19)18-10-3-4-12-13(8-10)17-6-5-16-12/h3-6,8-9,11H,7,15H2,1-2H3,(H,18,19)/t11-/m0/s1. The maximum absolute atomic E-state index is 11.9. The van der Waals surface area contributed by atoms with Crippen LogP contribution in [-0.4, -0.2) is 21.9 Å². The van der Waals surface area contributed by atoms with Gasteiger partial charge in [-0.3, -0.25) is 14.8 Å². The Labute approximate surface area is 112 Å². The molecule has 1 amide bonds. The van der Waals surface area contributed by atoms with Crippen molar-refractivity contribution in [1.82, 2.24) is 9.97 Å². The molecule has 5 nitrogen and oxygen atoms in total. The SMILES string of the molecule is CC(C)C[C@H](N)C(=O)Nc1ccc2nccnc2c1. The predicted molar refractivity (Wildman–Crippen MR) is 75.6 cm³/mol. The topological polar surface area (TPSA) is 80.9 Å². The molecule has 2 aromatic rings. The van der Waals surface area contributed by atoms with Gasteiger partial charge in [-0.2, -0.15) is 0 Å². The number of fused-ring (bicyclic) bond motifs is 1. The van der Waals surface area contributed by atoms with E-state index in [2.05, 4.69) is 15.3 Å². The number of aromatic nitrogens is 2. The number of carbonyl (C=O) groups excluding carboxylic acids is 1. The van der Waals surface area contributed by atoms with Gasteiger partial charge in [0, 0.05) is 18.1 Å². The third-order valence-electron chi connectivity index (χ3n) is 2.80. The average molecular weight is 258 g/mol. The molecule has 0 fully saturated rings. The molecule has 3 N–H and O–H groups in total. The molecule has 0 spiro atoms. The van der Waals surface area contributed by atoms with Gasteiger partial charge in [0.25, 0.3) is 0 Å². The van der Waals surface area contributed by atoms with Gasteiger partial charge >= 0.3 is 0 Å². The molecule has 19 heavy (non-hydrogen) atoms. The fourth-order valence-electron chi connectivity index (χ4n) is 1.89. The quantitative estimate of drug-likeness (QED) is 0.878. The van der Waals surface area contributed by atoms with Gasteiger partial charge in [-0.1, -0.05) is 13.8 Å². The molecule has 0 aliphatic carbocycles. The van der Waals surface area contributed by atoms with Crippen molar-refractivity contribution in [1.29, 1.82) is 0 Å². The lowest BCUT2D eigenvalue weighted by atomic mass is 10.0. The minimum Gasteiger partial charge on any atom is -0.325 e. The van der Waals surface area contributed by atoms with E-state index in [1.807, 2.05) is 19.9 Å². The highest BCUT2D eigenvalue weighted by Gasteiger charge is 2.15. The molecule has 0 bridgehead atoms. The average Bonchev–Trinajstić information content (AvgIpc) is 2.37. The van der Waals surface area contributed by atoms with Crippen LogP contribution in [0.5, 0.6) is 0 Å². The zero-order chi connectivity index (χ0) is 13.8. The van der Waals surface area contributed by atoms with Crippen molar-refractivity contribution in [3.63, 3.8) is 0 Å². The van der Waals surface area contributed by atoms with Gasteiger partial charge in [-0.25, -0.2) is 0 Å². The first-order valence-electron chi connectivity index (χ1n) is 6.33. The van der Waals surface area contributed by atoms with Gasteiger partial charge in [-0.05, 0) is 30.5 Å². The molecular formula is C14H18N4O. The summed E-state index contributed by atoms with van der Waals surface area (Å²) in [5.74, 6) is 0.222. The van der Waals surface area contributed by atoms with Gasteiger partial charge < -0.3 is 11.1 Å². The van der Waals surface area contributed by atoms with E-state index in [-0.39, 0.29) is 5.91 Å². The maximum atomic E-state index is 11.9. The number of carbonyl (C=O) groups is 1. The second-order valence-electron chi connectivity index (χ2n) is 4.99. The van der Waals surface area contributed by atoms with E-state index < -0.39 is 6.04 Å². The smallest absolute Gasteiger partial charge is 0.241 e. The van der Waals surface area contributed by atoms with Crippen molar-refractivity contribution in [2.45, 2.75) is 26.3 Å². The van der Waals surface area contributed by atoms with E-state index in [1.54, 1.807) is 24.5 Å². The lowest BCUT2D eigenvalue weighted by Gasteiger charge is -2.14. The fraction of sp³-hybridized carbons (Fsp3) is 0.357. The van der Waals surface area contributed by atoms with Crippen LogP contribution in [0.4, 0.5) is 5.69 Å². The molecule has 0 unspecified atom stereocenters. The van der Waals surface area contributed by atoms with Crippen molar-refractivity contribution in [2.24, 2.45) is 11.7 Å². The number of benzene rings is 1. The van der Waals surface area contributed by atoms with Gasteiger partial charge in [0.1, 0.15) is 0 Å². The Bertz CT molecular complexity index is 582. The molecule has 0 saturated carbocycles. The number of anilines is 1. The van der Waals surface area contributed by atoms with Crippen LogP contribution in [0.2, 0.25) is 0 Å². The lowest BCUT2D eigenvalue weighted by Crippen LogP contribution is -2.36. The highest BCUT2D eigenvalue weighted by Crippen LogP contribution is 2.15. The largest absolute Gasteiger partial charge is 0.325 e. The number of nitrogens with two attached hydrogens (primary N) is 1. The van der Waals surface area contributed by atoms with Gasteiger partial charge in [0.15, 0.2) is 0 Å². The number of nitrogens with zero attached hydrogens (tertiary/aromatic N) is 2. The first kappa shape index (κ1) is 13.4. The van der Waals surface area contributed by atoms with Gasteiger partial charge in [0.05, 0.1) is 17.1 Å². The zero-order valence-electron chi connectivity index (χ0n) is 11.1. The summed E-state index contributed by atoms with van der Waals surface area (Å²) in [6, 6.07) is 4.93. The molecule has 1 aromatic heterocycles. The van der Waals surface area contributed by atoms with Crippen LogP contribution < -0.4 is 11.1 Å². The molecule has 1 atom stereocenters. The highest BCUT2D eigenvalue weighted by molar-refractivity contribution is 5.96. The Kier molecular flexibility index (Phi) is 4.06. The van der Waals surface area contributed by atoms with Gasteiger partial charge in [-0.15, -0.1) is 0 Å². The molecule has 0 aliphatic rings. The molecule has 5 heteroatoms. The molecule has 100 valence electrons. The molecular weight excluding hydrogens is 240 g/mol. The zero-order valence-corrected chi connectivity index (χ0v) is 11.1. The van der Waals surface area contributed by atoms with E-state index in [0.717, 1.165) is 11.0 Å². The lowest BCUT2D eigenvalue weighted by molar-refractivity contribution is -0.117. The van der Waals surface area contributed by atoms with Crippen molar-refractivity contribution in [3.8, 4) is 0 Å². The molecule has 0 radical (unpaired) electrons. The Morgan fingerprint density at radius 2 is 1.95 bits per heavy atom. The monoisotopic (exact) mass is 258 g/mol. The first-order valence-corrected chi connectivity index (χ1v) is 6.33. The highest BCUT2D eigenvalue weighted by atomic mass is 16.2. The second-order valence-corrected chi connectivity index (χ2v) is 4.99. The Morgan fingerprint density at radius 1 is 1.26 bits per heavy atom. The van der Waals surface area contributed by atoms with Crippen LogP contribution in [0.1, 0.15) is 20.3 Å². The van der Waals surface area contributed by atoms with Crippen LogP contribution in [0.15, 0.2) is 30.6 Å². The summed E-state index contributed by atoms with van der Waals surface area (Å²) in [5.41, 5.74) is 8.08. The maximum Gasteiger partial charge on any atom is 0.241 e. The van der Waals surface area contributed by atoms with E-state index >= 15 is 0 Å². The summed E-state index contributed by atoms with van der Waals surface area (Å²) in [4.78, 5) is 20.3. The second kappa shape index (κ2) is 5.75. The summed E-state index contributed by atoms with van der Waals surface area (Å²) in [7, 11) is 0. The normalized spacial score (nSPS) is 12.6. The molecule has 0 aliphatic heterocycles. The van der Waals surface area contributed by atoms with E-state index in [9.17, 15) is 4.79 Å². The van der Waals surface area contributed by atoms with Crippen LogP contribution in [-0.2, 0) is 4.79 Å². The minimum atomic E-state index is -0.488. The van der Waals surface area contributed by atoms with E-state index in [1.165, 1.54) is 0 Å². The van der Waals surface area contributed by atoms with Crippen LogP contribution in [0.25, 0.3) is 11.0 Å². The summed E-state index contributed by atoms with van der Waals surface area (Å²) < 4.78 is 0. The Balaban J connectivity index is 2.10. The number of amides is 1.